The second-order valence-electron chi connectivity index (χ2n) is 6.21. The van der Waals surface area contributed by atoms with E-state index in [2.05, 4.69) is 33.7 Å². The van der Waals surface area contributed by atoms with Crippen LogP contribution in [0.4, 0.5) is 4.39 Å². The van der Waals surface area contributed by atoms with Crippen LogP contribution in [0, 0.1) is 26.6 Å². The zero-order valence-electron chi connectivity index (χ0n) is 16.0. The van der Waals surface area contributed by atoms with Gasteiger partial charge in [-0.25, -0.2) is 9.38 Å². The molecule has 1 aromatic carbocycles. The summed E-state index contributed by atoms with van der Waals surface area (Å²) in [6, 6.07) is 7.33. The van der Waals surface area contributed by atoms with Crippen LogP contribution in [0.3, 0.4) is 0 Å². The fraction of sp³-hybridized carbons (Fsp3) is 0.474. The summed E-state index contributed by atoms with van der Waals surface area (Å²) in [5.41, 5.74) is 3.75. The summed E-state index contributed by atoms with van der Waals surface area (Å²) in [6.45, 7) is 10.8. The standard InChI is InChI=1S/C19H28FN5.HI/c1-5-21-19(23-13-17-8-7-14(2)18(20)12-17)22-9-6-10-25-16(4)11-15(3)24-25;/h7-8,11-12H,5-6,9-10,13H2,1-4H3,(H2,21,22,23);1H. The monoisotopic (exact) mass is 473 g/mol. The van der Waals surface area contributed by atoms with Crippen molar-refractivity contribution in [1.82, 2.24) is 20.4 Å². The molecule has 0 radical (unpaired) electrons. The third-order valence-corrected chi connectivity index (χ3v) is 3.94. The first kappa shape index (κ1) is 22.4. The number of nitrogens with one attached hydrogen (secondary N) is 2. The summed E-state index contributed by atoms with van der Waals surface area (Å²) >= 11 is 0. The molecule has 0 unspecified atom stereocenters. The Morgan fingerprint density at radius 3 is 2.58 bits per heavy atom. The van der Waals surface area contributed by atoms with Crippen LogP contribution >= 0.6 is 24.0 Å². The van der Waals surface area contributed by atoms with Crippen LogP contribution in [-0.4, -0.2) is 28.8 Å². The van der Waals surface area contributed by atoms with E-state index < -0.39 is 0 Å². The summed E-state index contributed by atoms with van der Waals surface area (Å²) in [5, 5.41) is 11.0. The van der Waals surface area contributed by atoms with Gasteiger partial charge in [0.1, 0.15) is 5.82 Å². The normalized spacial score (nSPS) is 11.2. The van der Waals surface area contributed by atoms with E-state index in [-0.39, 0.29) is 29.8 Å². The molecular weight excluding hydrogens is 444 g/mol. The lowest BCUT2D eigenvalue weighted by atomic mass is 10.1. The molecule has 0 amide bonds. The number of hydrogen-bond acceptors (Lipinski definition) is 2. The van der Waals surface area contributed by atoms with E-state index in [1.54, 1.807) is 19.1 Å². The Kier molecular flexibility index (Phi) is 9.61. The lowest BCUT2D eigenvalue weighted by Gasteiger charge is -2.12. The van der Waals surface area contributed by atoms with Gasteiger partial charge >= 0.3 is 0 Å². The third-order valence-electron chi connectivity index (χ3n) is 3.94. The van der Waals surface area contributed by atoms with Gasteiger partial charge in [0.15, 0.2) is 5.96 Å². The van der Waals surface area contributed by atoms with Gasteiger partial charge < -0.3 is 10.6 Å². The molecule has 2 N–H and O–H groups in total. The van der Waals surface area contributed by atoms with E-state index in [0.717, 1.165) is 43.3 Å². The van der Waals surface area contributed by atoms with Gasteiger partial charge in [0.05, 0.1) is 12.2 Å². The van der Waals surface area contributed by atoms with Crippen molar-refractivity contribution in [2.45, 2.75) is 47.2 Å². The number of nitrogens with zero attached hydrogens (tertiary/aromatic N) is 3. The predicted octanol–water partition coefficient (Wildman–Crippen LogP) is 3.71. The van der Waals surface area contributed by atoms with Crippen LogP contribution in [0.15, 0.2) is 29.3 Å². The lowest BCUT2D eigenvalue weighted by molar-refractivity contribution is 0.555. The SMILES string of the molecule is CCNC(=NCc1ccc(C)c(F)c1)NCCCn1nc(C)cc1C.I. The minimum absolute atomic E-state index is 0. The molecule has 0 aliphatic heterocycles. The van der Waals surface area contributed by atoms with E-state index >= 15 is 0 Å². The highest BCUT2D eigenvalue weighted by atomic mass is 127. The van der Waals surface area contributed by atoms with Crippen molar-refractivity contribution >= 4 is 29.9 Å². The number of rotatable bonds is 7. The van der Waals surface area contributed by atoms with Gasteiger partial charge in [-0.05, 0) is 57.4 Å². The van der Waals surface area contributed by atoms with Crippen LogP contribution in [0.1, 0.15) is 35.9 Å². The highest BCUT2D eigenvalue weighted by Gasteiger charge is 2.02. The molecule has 1 heterocycles. The van der Waals surface area contributed by atoms with Gasteiger partial charge in [0.25, 0.3) is 0 Å². The number of halogens is 2. The van der Waals surface area contributed by atoms with Gasteiger partial charge in [0.2, 0.25) is 0 Å². The number of aliphatic imine (C=N–C) groups is 1. The van der Waals surface area contributed by atoms with Gasteiger partial charge in [-0.15, -0.1) is 24.0 Å². The molecular formula is C19H29FIN5. The first-order valence-corrected chi connectivity index (χ1v) is 8.78. The van der Waals surface area contributed by atoms with Crippen molar-refractivity contribution in [3.63, 3.8) is 0 Å². The van der Waals surface area contributed by atoms with E-state index in [0.29, 0.717) is 12.1 Å². The molecule has 0 saturated carbocycles. The molecule has 0 aliphatic rings. The van der Waals surface area contributed by atoms with Crippen molar-refractivity contribution in [3.8, 4) is 0 Å². The van der Waals surface area contributed by atoms with Gasteiger partial charge in [-0.1, -0.05) is 12.1 Å². The highest BCUT2D eigenvalue weighted by Crippen LogP contribution is 2.10. The largest absolute Gasteiger partial charge is 0.357 e. The molecule has 2 rings (SSSR count). The lowest BCUT2D eigenvalue weighted by Crippen LogP contribution is -2.38. The van der Waals surface area contributed by atoms with Crippen LogP contribution in [0.2, 0.25) is 0 Å². The molecule has 144 valence electrons. The Morgan fingerprint density at radius 2 is 1.96 bits per heavy atom. The number of aromatic nitrogens is 2. The smallest absolute Gasteiger partial charge is 0.191 e. The predicted molar refractivity (Wildman–Crippen MR) is 116 cm³/mol. The molecule has 1 aromatic heterocycles. The number of hydrogen-bond donors (Lipinski definition) is 2. The minimum Gasteiger partial charge on any atom is -0.357 e. The Balaban J connectivity index is 0.00000338. The Hall–Kier alpha value is -1.64. The molecule has 26 heavy (non-hydrogen) atoms. The van der Waals surface area contributed by atoms with E-state index in [9.17, 15) is 4.39 Å². The minimum atomic E-state index is -0.185. The maximum atomic E-state index is 13.6. The maximum Gasteiger partial charge on any atom is 0.191 e. The molecule has 0 aliphatic carbocycles. The highest BCUT2D eigenvalue weighted by molar-refractivity contribution is 14.0. The third kappa shape index (κ3) is 6.93. The Labute approximate surface area is 172 Å². The first-order valence-electron chi connectivity index (χ1n) is 8.78. The number of guanidine groups is 1. The first-order chi connectivity index (χ1) is 12.0. The summed E-state index contributed by atoms with van der Waals surface area (Å²) < 4.78 is 15.6. The molecule has 0 saturated heterocycles. The fourth-order valence-corrected chi connectivity index (χ4v) is 2.58. The van der Waals surface area contributed by atoms with Crippen molar-refractivity contribution in [3.05, 3.63) is 52.6 Å². The molecule has 7 heteroatoms. The average Bonchev–Trinajstić information content (AvgIpc) is 2.89. The average molecular weight is 473 g/mol. The number of benzene rings is 1. The maximum absolute atomic E-state index is 13.6. The summed E-state index contributed by atoms with van der Waals surface area (Å²) in [7, 11) is 0. The molecule has 0 spiro atoms. The fourth-order valence-electron chi connectivity index (χ4n) is 2.58. The van der Waals surface area contributed by atoms with Crippen LogP contribution in [-0.2, 0) is 13.1 Å². The zero-order valence-corrected chi connectivity index (χ0v) is 18.3. The van der Waals surface area contributed by atoms with Gasteiger partial charge in [-0.2, -0.15) is 5.10 Å². The quantitative estimate of drug-likeness (QED) is 0.279. The second-order valence-corrected chi connectivity index (χ2v) is 6.21. The van der Waals surface area contributed by atoms with Gasteiger partial charge in [-0.3, -0.25) is 4.68 Å². The van der Waals surface area contributed by atoms with Crippen molar-refractivity contribution in [2.24, 2.45) is 4.99 Å². The summed E-state index contributed by atoms with van der Waals surface area (Å²) in [6.07, 6.45) is 0.950. The topological polar surface area (TPSA) is 54.2 Å². The van der Waals surface area contributed by atoms with Crippen LogP contribution in [0.5, 0.6) is 0 Å². The molecule has 0 atom stereocenters. The van der Waals surface area contributed by atoms with Crippen molar-refractivity contribution < 1.29 is 4.39 Å². The van der Waals surface area contributed by atoms with Gasteiger partial charge in [0, 0.05) is 25.3 Å². The summed E-state index contributed by atoms with van der Waals surface area (Å²) in [5.74, 6) is 0.562. The summed E-state index contributed by atoms with van der Waals surface area (Å²) in [4.78, 5) is 4.53. The molecule has 0 bridgehead atoms. The Bertz CT molecular complexity index is 727. The van der Waals surface area contributed by atoms with Crippen LogP contribution in [0.25, 0.3) is 0 Å². The zero-order chi connectivity index (χ0) is 18.2. The molecule has 5 nitrogen and oxygen atoms in total. The van der Waals surface area contributed by atoms with Crippen LogP contribution < -0.4 is 10.6 Å². The van der Waals surface area contributed by atoms with Crippen molar-refractivity contribution in [1.29, 1.82) is 0 Å². The molecule has 2 aromatic rings. The van der Waals surface area contributed by atoms with Crippen molar-refractivity contribution in [2.75, 3.05) is 13.1 Å². The molecule has 0 fully saturated rings. The Morgan fingerprint density at radius 1 is 1.19 bits per heavy atom. The van der Waals surface area contributed by atoms with E-state index in [1.165, 1.54) is 5.69 Å². The van der Waals surface area contributed by atoms with E-state index in [4.69, 9.17) is 0 Å². The van der Waals surface area contributed by atoms with E-state index in [1.807, 2.05) is 24.6 Å². The second kappa shape index (κ2) is 11.2. The number of aryl methyl sites for hydroxylation is 4.